The zero-order valence-electron chi connectivity index (χ0n) is 15.1. The molecule has 1 amide bonds. The number of nitrogens with one attached hydrogen (secondary N) is 2. The van der Waals surface area contributed by atoms with Crippen molar-refractivity contribution in [1.82, 2.24) is 4.98 Å². The van der Waals surface area contributed by atoms with Crippen LogP contribution in [-0.2, 0) is 10.0 Å². The molecule has 0 bridgehead atoms. The SMILES string of the molecule is O=C(Nc1nc2cc(NS(=O)(=O)c3ccc(F)c(F)c3)ccc2s1)c1ccccc1. The lowest BCUT2D eigenvalue weighted by Crippen LogP contribution is -2.13. The first kappa shape index (κ1) is 19.9. The maximum Gasteiger partial charge on any atom is 0.262 e. The van der Waals surface area contributed by atoms with E-state index in [1.165, 1.54) is 23.5 Å². The Labute approximate surface area is 174 Å². The highest BCUT2D eigenvalue weighted by Crippen LogP contribution is 2.29. The normalized spacial score (nSPS) is 11.4. The number of anilines is 2. The molecule has 3 aromatic carbocycles. The molecule has 6 nitrogen and oxygen atoms in total. The zero-order valence-corrected chi connectivity index (χ0v) is 16.7. The van der Waals surface area contributed by atoms with Crippen LogP contribution >= 0.6 is 11.3 Å². The molecule has 0 saturated heterocycles. The Morgan fingerprint density at radius 2 is 1.70 bits per heavy atom. The first-order valence-corrected chi connectivity index (χ1v) is 10.9. The number of thiazole rings is 1. The highest BCUT2D eigenvalue weighted by Gasteiger charge is 2.17. The Kier molecular flexibility index (Phi) is 5.18. The average Bonchev–Trinajstić information content (AvgIpc) is 3.11. The van der Waals surface area contributed by atoms with Crippen LogP contribution < -0.4 is 10.0 Å². The summed E-state index contributed by atoms with van der Waals surface area (Å²) in [5.74, 6) is -2.71. The number of halogens is 2. The Morgan fingerprint density at radius 1 is 0.933 bits per heavy atom. The topological polar surface area (TPSA) is 88.2 Å². The maximum absolute atomic E-state index is 13.4. The molecule has 1 heterocycles. The summed E-state index contributed by atoms with van der Waals surface area (Å²) in [4.78, 5) is 16.2. The third-order valence-electron chi connectivity index (χ3n) is 4.10. The minimum atomic E-state index is -4.12. The Morgan fingerprint density at radius 3 is 2.43 bits per heavy atom. The number of sulfonamides is 1. The van der Waals surface area contributed by atoms with E-state index in [0.717, 1.165) is 16.8 Å². The summed E-state index contributed by atoms with van der Waals surface area (Å²) >= 11 is 1.24. The Bertz CT molecular complexity index is 1360. The molecule has 0 aliphatic carbocycles. The fourth-order valence-corrected chi connectivity index (χ4v) is 4.56. The van der Waals surface area contributed by atoms with E-state index in [0.29, 0.717) is 22.3 Å². The van der Waals surface area contributed by atoms with Gasteiger partial charge in [-0.1, -0.05) is 29.5 Å². The molecule has 1 aromatic heterocycles. The number of carbonyl (C=O) groups is 1. The molecule has 0 spiro atoms. The number of fused-ring (bicyclic) bond motifs is 1. The van der Waals surface area contributed by atoms with Crippen molar-refractivity contribution in [3.8, 4) is 0 Å². The minimum Gasteiger partial charge on any atom is -0.298 e. The molecule has 0 aliphatic heterocycles. The van der Waals surface area contributed by atoms with E-state index < -0.39 is 26.6 Å². The third-order valence-corrected chi connectivity index (χ3v) is 6.43. The molecule has 0 radical (unpaired) electrons. The molecule has 0 saturated carbocycles. The molecular formula is C20H13F2N3O3S2. The second-order valence-corrected chi connectivity index (χ2v) is 8.92. The summed E-state index contributed by atoms with van der Waals surface area (Å²) in [6.07, 6.45) is 0. The van der Waals surface area contributed by atoms with Crippen molar-refractivity contribution in [2.75, 3.05) is 10.0 Å². The fourth-order valence-electron chi connectivity index (χ4n) is 2.66. The predicted molar refractivity (Wildman–Crippen MR) is 111 cm³/mol. The Hall–Kier alpha value is -3.37. The van der Waals surface area contributed by atoms with E-state index in [4.69, 9.17) is 0 Å². The van der Waals surface area contributed by atoms with Gasteiger partial charge in [0.1, 0.15) is 0 Å². The van der Waals surface area contributed by atoms with Crippen LogP contribution in [0.15, 0.2) is 71.6 Å². The van der Waals surface area contributed by atoms with Crippen LogP contribution in [0.2, 0.25) is 0 Å². The Balaban J connectivity index is 1.56. The number of carbonyl (C=O) groups excluding carboxylic acids is 1. The van der Waals surface area contributed by atoms with Gasteiger partial charge in [0.15, 0.2) is 16.8 Å². The highest BCUT2D eigenvalue weighted by atomic mass is 32.2. The van der Waals surface area contributed by atoms with Gasteiger partial charge in [-0.05, 0) is 48.5 Å². The second-order valence-electron chi connectivity index (χ2n) is 6.20. The van der Waals surface area contributed by atoms with Gasteiger partial charge >= 0.3 is 0 Å². The number of benzene rings is 3. The number of hydrogen-bond donors (Lipinski definition) is 2. The zero-order chi connectivity index (χ0) is 21.3. The van der Waals surface area contributed by atoms with Crippen LogP contribution in [0.5, 0.6) is 0 Å². The van der Waals surface area contributed by atoms with Crippen molar-refractivity contribution in [3.63, 3.8) is 0 Å². The molecule has 0 aliphatic rings. The number of nitrogens with zero attached hydrogens (tertiary/aromatic N) is 1. The molecule has 0 atom stereocenters. The van der Waals surface area contributed by atoms with Gasteiger partial charge in [0.05, 0.1) is 20.8 Å². The molecule has 152 valence electrons. The van der Waals surface area contributed by atoms with E-state index in [9.17, 15) is 22.0 Å². The lowest BCUT2D eigenvalue weighted by atomic mass is 10.2. The summed E-state index contributed by atoms with van der Waals surface area (Å²) in [6.45, 7) is 0. The number of hydrogen-bond acceptors (Lipinski definition) is 5. The molecule has 0 fully saturated rings. The third kappa shape index (κ3) is 4.14. The first-order valence-electron chi connectivity index (χ1n) is 8.57. The summed E-state index contributed by atoms with van der Waals surface area (Å²) in [7, 11) is -4.12. The van der Waals surface area contributed by atoms with Gasteiger partial charge in [0, 0.05) is 5.56 Å². The summed E-state index contributed by atoms with van der Waals surface area (Å²) in [5, 5.41) is 3.07. The van der Waals surface area contributed by atoms with Crippen molar-refractivity contribution < 1.29 is 22.0 Å². The van der Waals surface area contributed by atoms with Gasteiger partial charge in [0.2, 0.25) is 0 Å². The molecule has 30 heavy (non-hydrogen) atoms. The smallest absolute Gasteiger partial charge is 0.262 e. The summed E-state index contributed by atoms with van der Waals surface area (Å²) < 4.78 is 54.3. The highest BCUT2D eigenvalue weighted by molar-refractivity contribution is 7.92. The number of aromatic nitrogens is 1. The van der Waals surface area contributed by atoms with Crippen LogP contribution in [-0.4, -0.2) is 19.3 Å². The maximum atomic E-state index is 13.4. The number of rotatable bonds is 5. The lowest BCUT2D eigenvalue weighted by molar-refractivity contribution is 0.102. The fraction of sp³-hybridized carbons (Fsp3) is 0. The standard InChI is InChI=1S/C20H13F2N3O3S2/c21-15-8-7-14(11-16(15)22)30(27,28)25-13-6-9-18-17(10-13)23-20(29-18)24-19(26)12-4-2-1-3-5-12/h1-11,25H,(H,23,24,26). The van der Waals surface area contributed by atoms with E-state index in [2.05, 4.69) is 15.0 Å². The van der Waals surface area contributed by atoms with Crippen molar-refractivity contribution in [2.45, 2.75) is 4.90 Å². The van der Waals surface area contributed by atoms with E-state index in [1.54, 1.807) is 36.4 Å². The second kappa shape index (κ2) is 7.81. The largest absolute Gasteiger partial charge is 0.298 e. The van der Waals surface area contributed by atoms with Gasteiger partial charge < -0.3 is 0 Å². The van der Waals surface area contributed by atoms with E-state index in [1.807, 2.05) is 0 Å². The van der Waals surface area contributed by atoms with E-state index in [-0.39, 0.29) is 11.6 Å². The van der Waals surface area contributed by atoms with Crippen LogP contribution in [0.1, 0.15) is 10.4 Å². The van der Waals surface area contributed by atoms with Crippen molar-refractivity contribution in [1.29, 1.82) is 0 Å². The van der Waals surface area contributed by atoms with Crippen molar-refractivity contribution >= 4 is 48.3 Å². The summed E-state index contributed by atoms with van der Waals surface area (Å²) in [6, 6.07) is 15.6. The average molecular weight is 445 g/mol. The minimum absolute atomic E-state index is 0.193. The van der Waals surface area contributed by atoms with E-state index >= 15 is 0 Å². The summed E-state index contributed by atoms with van der Waals surface area (Å²) in [5.41, 5.74) is 1.14. The van der Waals surface area contributed by atoms with Gasteiger partial charge in [-0.25, -0.2) is 22.2 Å². The molecule has 2 N–H and O–H groups in total. The molecule has 10 heteroatoms. The first-order chi connectivity index (χ1) is 14.3. The van der Waals surface area contributed by atoms with Crippen LogP contribution in [0.25, 0.3) is 10.2 Å². The molecule has 0 unspecified atom stereocenters. The van der Waals surface area contributed by atoms with Crippen molar-refractivity contribution in [3.05, 3.63) is 83.9 Å². The molecule has 4 rings (SSSR count). The van der Waals surface area contributed by atoms with Gasteiger partial charge in [0.25, 0.3) is 15.9 Å². The lowest BCUT2D eigenvalue weighted by Gasteiger charge is -2.08. The van der Waals surface area contributed by atoms with Crippen molar-refractivity contribution in [2.24, 2.45) is 0 Å². The van der Waals surface area contributed by atoms with Gasteiger partial charge in [-0.3, -0.25) is 14.8 Å². The quantitative estimate of drug-likeness (QED) is 0.469. The van der Waals surface area contributed by atoms with Crippen LogP contribution in [0.3, 0.4) is 0 Å². The van der Waals surface area contributed by atoms with Gasteiger partial charge in [-0.15, -0.1) is 0 Å². The molecular weight excluding hydrogens is 432 g/mol. The monoisotopic (exact) mass is 445 g/mol. The van der Waals surface area contributed by atoms with Gasteiger partial charge in [-0.2, -0.15) is 0 Å². The predicted octanol–water partition coefficient (Wildman–Crippen LogP) is 4.63. The van der Waals surface area contributed by atoms with Crippen LogP contribution in [0, 0.1) is 11.6 Å². The van der Waals surface area contributed by atoms with Crippen LogP contribution in [0.4, 0.5) is 19.6 Å². The number of amides is 1. The molecule has 4 aromatic rings.